The van der Waals surface area contributed by atoms with Crippen molar-refractivity contribution in [2.75, 3.05) is 65.6 Å². The van der Waals surface area contributed by atoms with Crippen LogP contribution in [0.25, 0.3) is 0 Å². The molecule has 3 saturated heterocycles. The van der Waals surface area contributed by atoms with E-state index in [-0.39, 0.29) is 5.54 Å². The zero-order valence-corrected chi connectivity index (χ0v) is 19.0. The number of nitrogens with zero attached hydrogens (tertiary/aromatic N) is 3. The van der Waals surface area contributed by atoms with Crippen molar-refractivity contribution < 1.29 is 17.9 Å². The van der Waals surface area contributed by atoms with E-state index in [2.05, 4.69) is 22.5 Å². The summed E-state index contributed by atoms with van der Waals surface area (Å²) in [7, 11) is 0. The number of halogens is 3. The van der Waals surface area contributed by atoms with Gasteiger partial charge in [0.1, 0.15) is 0 Å². The maximum atomic E-state index is 12.6. The van der Waals surface area contributed by atoms with E-state index in [0.29, 0.717) is 19.0 Å². The molecule has 0 spiro atoms. The molecule has 0 aromatic rings. The molecule has 3 aliphatic rings. The van der Waals surface area contributed by atoms with Gasteiger partial charge in [-0.2, -0.15) is 13.2 Å². The third-order valence-electron chi connectivity index (χ3n) is 7.03. The largest absolute Gasteiger partial charge is 0.401 e. The Hall–Kier alpha value is -1.06. The Morgan fingerprint density at radius 3 is 2.35 bits per heavy atom. The lowest BCUT2D eigenvalue weighted by molar-refractivity contribution is -0.148. The molecule has 3 heterocycles. The van der Waals surface area contributed by atoms with Gasteiger partial charge in [0.2, 0.25) is 0 Å². The molecule has 31 heavy (non-hydrogen) atoms. The number of guanidine groups is 1. The van der Waals surface area contributed by atoms with Crippen molar-refractivity contribution in [3.63, 3.8) is 0 Å². The average molecular weight is 448 g/mol. The minimum Gasteiger partial charge on any atom is -0.381 e. The van der Waals surface area contributed by atoms with Crippen molar-refractivity contribution >= 4 is 5.96 Å². The Morgan fingerprint density at radius 1 is 1.06 bits per heavy atom. The van der Waals surface area contributed by atoms with Gasteiger partial charge >= 0.3 is 6.18 Å². The lowest BCUT2D eigenvalue weighted by Gasteiger charge is -2.43. The monoisotopic (exact) mass is 447 g/mol. The Kier molecular flexibility index (Phi) is 9.28. The van der Waals surface area contributed by atoms with Crippen LogP contribution in [-0.2, 0) is 4.74 Å². The molecule has 0 saturated carbocycles. The first kappa shape index (κ1) is 24.6. The number of aliphatic imine (C=N–C) groups is 1. The van der Waals surface area contributed by atoms with E-state index >= 15 is 0 Å². The number of piperidine rings is 1. The van der Waals surface area contributed by atoms with Gasteiger partial charge < -0.3 is 15.4 Å². The second-order valence-corrected chi connectivity index (χ2v) is 9.28. The zero-order chi connectivity index (χ0) is 22.2. The summed E-state index contributed by atoms with van der Waals surface area (Å²) in [5.74, 6) is 1.33. The van der Waals surface area contributed by atoms with Gasteiger partial charge in [0.05, 0.1) is 13.1 Å². The summed E-state index contributed by atoms with van der Waals surface area (Å²) >= 11 is 0. The summed E-state index contributed by atoms with van der Waals surface area (Å²) in [4.78, 5) is 9.10. The number of likely N-dealkylation sites (tertiary alicyclic amines) is 2. The maximum absolute atomic E-state index is 12.6. The van der Waals surface area contributed by atoms with Crippen LogP contribution in [-0.4, -0.2) is 93.0 Å². The third-order valence-corrected chi connectivity index (χ3v) is 7.03. The van der Waals surface area contributed by atoms with Gasteiger partial charge in [-0.25, -0.2) is 0 Å². The fourth-order valence-electron chi connectivity index (χ4n) is 5.17. The maximum Gasteiger partial charge on any atom is 0.401 e. The van der Waals surface area contributed by atoms with E-state index in [4.69, 9.17) is 9.73 Å². The number of ether oxygens (including phenoxy) is 1. The Balaban J connectivity index is 1.45. The van der Waals surface area contributed by atoms with Crippen LogP contribution in [0.3, 0.4) is 0 Å². The smallest absolute Gasteiger partial charge is 0.381 e. The molecule has 2 N–H and O–H groups in total. The molecule has 0 unspecified atom stereocenters. The number of nitrogens with one attached hydrogen (secondary N) is 2. The highest BCUT2D eigenvalue weighted by molar-refractivity contribution is 5.79. The van der Waals surface area contributed by atoms with Gasteiger partial charge in [0.25, 0.3) is 0 Å². The van der Waals surface area contributed by atoms with Gasteiger partial charge in [0, 0.05) is 31.8 Å². The highest BCUT2D eigenvalue weighted by Gasteiger charge is 2.39. The standard InChI is InChI=1S/C22H40F3N5O/c1-2-26-20(27-10-5-19-6-13-29(14-7-19)18-22(23,24)25)28-17-21(8-15-31-16-9-21)30-11-3-4-12-30/h19H,2-18H2,1H3,(H2,26,27,28). The lowest BCUT2D eigenvalue weighted by atomic mass is 9.88. The molecule has 6 nitrogen and oxygen atoms in total. The first-order valence-corrected chi connectivity index (χ1v) is 12.0. The molecule has 3 fully saturated rings. The molecule has 0 bridgehead atoms. The van der Waals surface area contributed by atoms with Crippen LogP contribution in [0, 0.1) is 5.92 Å². The molecule has 3 rings (SSSR count). The zero-order valence-electron chi connectivity index (χ0n) is 19.0. The predicted molar refractivity (Wildman–Crippen MR) is 117 cm³/mol. The van der Waals surface area contributed by atoms with Crippen LogP contribution >= 0.6 is 0 Å². The lowest BCUT2D eigenvalue weighted by Crippen LogP contribution is -2.54. The van der Waals surface area contributed by atoms with E-state index in [0.717, 1.165) is 84.0 Å². The Morgan fingerprint density at radius 2 is 1.74 bits per heavy atom. The van der Waals surface area contributed by atoms with Crippen molar-refractivity contribution in [1.29, 1.82) is 0 Å². The van der Waals surface area contributed by atoms with Gasteiger partial charge in [-0.05, 0) is 84.0 Å². The minimum absolute atomic E-state index is 0.114. The van der Waals surface area contributed by atoms with Crippen molar-refractivity contribution in [2.45, 2.75) is 63.6 Å². The molecule has 0 aromatic carbocycles. The van der Waals surface area contributed by atoms with Crippen molar-refractivity contribution in [3.05, 3.63) is 0 Å². The van der Waals surface area contributed by atoms with Crippen LogP contribution < -0.4 is 10.6 Å². The highest BCUT2D eigenvalue weighted by atomic mass is 19.4. The van der Waals surface area contributed by atoms with E-state index in [1.807, 2.05) is 0 Å². The van der Waals surface area contributed by atoms with Gasteiger partial charge in [-0.15, -0.1) is 0 Å². The van der Waals surface area contributed by atoms with Crippen molar-refractivity contribution in [2.24, 2.45) is 10.9 Å². The normalized spacial score (nSPS) is 24.5. The van der Waals surface area contributed by atoms with Crippen LogP contribution in [0.5, 0.6) is 0 Å². The van der Waals surface area contributed by atoms with Crippen molar-refractivity contribution in [3.8, 4) is 0 Å². The molecule has 0 amide bonds. The summed E-state index contributed by atoms with van der Waals surface area (Å²) in [6, 6.07) is 0. The second kappa shape index (κ2) is 11.7. The molecule has 0 atom stereocenters. The van der Waals surface area contributed by atoms with E-state index in [1.165, 1.54) is 17.7 Å². The Labute approximate surface area is 185 Å². The van der Waals surface area contributed by atoms with E-state index in [9.17, 15) is 13.2 Å². The minimum atomic E-state index is -4.09. The van der Waals surface area contributed by atoms with Gasteiger partial charge in [-0.1, -0.05) is 0 Å². The number of hydrogen-bond donors (Lipinski definition) is 2. The van der Waals surface area contributed by atoms with Crippen LogP contribution in [0.4, 0.5) is 13.2 Å². The topological polar surface area (TPSA) is 52.1 Å². The van der Waals surface area contributed by atoms with Crippen molar-refractivity contribution in [1.82, 2.24) is 20.4 Å². The summed E-state index contributed by atoms with van der Waals surface area (Å²) in [6.07, 6.45) is 3.16. The van der Waals surface area contributed by atoms with E-state index < -0.39 is 12.7 Å². The Bertz CT molecular complexity index is 552. The summed E-state index contributed by atoms with van der Waals surface area (Å²) in [6.45, 7) is 8.69. The first-order valence-electron chi connectivity index (χ1n) is 12.0. The summed E-state index contributed by atoms with van der Waals surface area (Å²) < 4.78 is 43.3. The predicted octanol–water partition coefficient (Wildman–Crippen LogP) is 2.85. The quantitative estimate of drug-likeness (QED) is 0.443. The van der Waals surface area contributed by atoms with Crippen LogP contribution in [0.15, 0.2) is 4.99 Å². The highest BCUT2D eigenvalue weighted by Crippen LogP contribution is 2.31. The third kappa shape index (κ3) is 7.79. The molecule has 180 valence electrons. The van der Waals surface area contributed by atoms with Crippen LogP contribution in [0.1, 0.15) is 51.9 Å². The molecule has 0 aromatic heterocycles. The first-order chi connectivity index (χ1) is 14.9. The van der Waals surface area contributed by atoms with Crippen LogP contribution in [0.2, 0.25) is 0 Å². The molecule has 3 aliphatic heterocycles. The van der Waals surface area contributed by atoms with E-state index in [1.54, 1.807) is 0 Å². The van der Waals surface area contributed by atoms with Gasteiger partial charge in [-0.3, -0.25) is 14.8 Å². The number of rotatable bonds is 8. The fourth-order valence-corrected chi connectivity index (χ4v) is 5.17. The summed E-state index contributed by atoms with van der Waals surface area (Å²) in [5.41, 5.74) is 0.114. The summed E-state index contributed by atoms with van der Waals surface area (Å²) in [5, 5.41) is 6.82. The number of alkyl halides is 3. The molecular weight excluding hydrogens is 407 g/mol. The molecule has 0 radical (unpaired) electrons. The molecule has 9 heteroatoms. The molecular formula is C22H40F3N5O. The SMILES string of the molecule is CCNC(=NCC1(N2CCCC2)CCOCC1)NCCC1CCN(CC(F)(F)F)CC1. The van der Waals surface area contributed by atoms with Gasteiger partial charge in [0.15, 0.2) is 5.96 Å². The average Bonchev–Trinajstić information content (AvgIpc) is 3.29. The fraction of sp³-hybridized carbons (Fsp3) is 0.955. The number of hydrogen-bond acceptors (Lipinski definition) is 4. The molecule has 0 aliphatic carbocycles. The second-order valence-electron chi connectivity index (χ2n) is 9.28.